The fraction of sp³-hybridized carbons (Fsp3) is 0.214. The van der Waals surface area contributed by atoms with Gasteiger partial charge < -0.3 is 9.84 Å². The molecule has 1 N–H and O–H groups in total. The third-order valence-electron chi connectivity index (χ3n) is 2.53. The van der Waals surface area contributed by atoms with Crippen LogP contribution in [0.1, 0.15) is 12.6 Å². The molecule has 5 heteroatoms. The van der Waals surface area contributed by atoms with Crippen molar-refractivity contribution < 1.29 is 14.6 Å². The lowest BCUT2D eigenvalue weighted by atomic mass is 10.1. The first-order valence-electron chi connectivity index (χ1n) is 5.87. The van der Waals surface area contributed by atoms with Crippen molar-refractivity contribution in [2.45, 2.75) is 20.0 Å². The number of carboxylic acids is 1. The minimum Gasteiger partial charge on any atom is -0.479 e. The van der Waals surface area contributed by atoms with Crippen LogP contribution in [0, 0.1) is 6.92 Å². The van der Waals surface area contributed by atoms with Crippen molar-refractivity contribution in [1.82, 2.24) is 9.97 Å². The molecule has 0 aliphatic heterocycles. The minimum absolute atomic E-state index is 0.0775. The van der Waals surface area contributed by atoms with E-state index in [1.54, 1.807) is 0 Å². The summed E-state index contributed by atoms with van der Waals surface area (Å²) in [5.41, 5.74) is 2.36. The van der Waals surface area contributed by atoms with Gasteiger partial charge in [-0.15, -0.1) is 0 Å². The standard InChI is InChI=1S/C14H14N2O3/c1-9-8-12(11-6-4-3-5-7-11)16-14(15-9)19-10(2)13(17)18/h3-8,10H,1-2H3,(H,17,18). The number of aromatic nitrogens is 2. The van der Waals surface area contributed by atoms with Crippen LogP contribution in [0.15, 0.2) is 36.4 Å². The van der Waals surface area contributed by atoms with E-state index in [0.29, 0.717) is 5.69 Å². The third kappa shape index (κ3) is 3.28. The van der Waals surface area contributed by atoms with Crippen molar-refractivity contribution in [2.75, 3.05) is 0 Å². The van der Waals surface area contributed by atoms with E-state index in [0.717, 1.165) is 11.3 Å². The molecule has 98 valence electrons. The third-order valence-corrected chi connectivity index (χ3v) is 2.53. The lowest BCUT2D eigenvalue weighted by molar-refractivity contribution is -0.144. The Bertz CT molecular complexity index is 584. The van der Waals surface area contributed by atoms with E-state index in [2.05, 4.69) is 9.97 Å². The molecule has 0 aliphatic carbocycles. The second-order valence-electron chi connectivity index (χ2n) is 4.14. The molecule has 0 radical (unpaired) electrons. The summed E-state index contributed by atoms with van der Waals surface area (Å²) in [4.78, 5) is 19.1. The first-order chi connectivity index (χ1) is 9.06. The van der Waals surface area contributed by atoms with Gasteiger partial charge in [-0.25, -0.2) is 9.78 Å². The second kappa shape index (κ2) is 5.48. The lowest BCUT2D eigenvalue weighted by Gasteiger charge is -2.10. The summed E-state index contributed by atoms with van der Waals surface area (Å²) >= 11 is 0. The molecule has 0 aliphatic rings. The van der Waals surface area contributed by atoms with E-state index in [1.165, 1.54) is 6.92 Å². The topological polar surface area (TPSA) is 72.3 Å². The molecule has 0 saturated carbocycles. The molecule has 1 heterocycles. The second-order valence-corrected chi connectivity index (χ2v) is 4.14. The van der Waals surface area contributed by atoms with Crippen LogP contribution in [0.25, 0.3) is 11.3 Å². The van der Waals surface area contributed by atoms with Crippen LogP contribution < -0.4 is 4.74 Å². The maximum Gasteiger partial charge on any atom is 0.344 e. The van der Waals surface area contributed by atoms with Crippen LogP contribution in [0.4, 0.5) is 0 Å². The molecule has 5 nitrogen and oxygen atoms in total. The van der Waals surface area contributed by atoms with Crippen LogP contribution in [-0.4, -0.2) is 27.1 Å². The average Bonchev–Trinajstić information content (AvgIpc) is 2.39. The monoisotopic (exact) mass is 258 g/mol. The number of carbonyl (C=O) groups is 1. The first kappa shape index (κ1) is 13.0. The Balaban J connectivity index is 2.32. The minimum atomic E-state index is -1.05. The van der Waals surface area contributed by atoms with Gasteiger partial charge in [-0.05, 0) is 19.9 Å². The van der Waals surface area contributed by atoms with Crippen molar-refractivity contribution in [3.05, 3.63) is 42.1 Å². The lowest BCUT2D eigenvalue weighted by Crippen LogP contribution is -2.24. The van der Waals surface area contributed by atoms with Gasteiger partial charge in [-0.3, -0.25) is 0 Å². The molecular formula is C14H14N2O3. The smallest absolute Gasteiger partial charge is 0.344 e. The van der Waals surface area contributed by atoms with E-state index in [-0.39, 0.29) is 6.01 Å². The van der Waals surface area contributed by atoms with Gasteiger partial charge in [0, 0.05) is 11.3 Å². The maximum atomic E-state index is 10.8. The summed E-state index contributed by atoms with van der Waals surface area (Å²) in [5.74, 6) is -1.05. The number of ether oxygens (including phenoxy) is 1. The number of aryl methyl sites for hydroxylation is 1. The van der Waals surface area contributed by atoms with Crippen molar-refractivity contribution in [3.8, 4) is 17.3 Å². The van der Waals surface area contributed by atoms with E-state index in [9.17, 15) is 4.79 Å². The number of benzene rings is 1. The molecular weight excluding hydrogens is 244 g/mol. The van der Waals surface area contributed by atoms with Gasteiger partial charge in [0.15, 0.2) is 6.10 Å². The van der Waals surface area contributed by atoms with Crippen LogP contribution >= 0.6 is 0 Å². The molecule has 2 aromatic rings. The molecule has 0 amide bonds. The van der Waals surface area contributed by atoms with E-state index in [4.69, 9.17) is 9.84 Å². The van der Waals surface area contributed by atoms with Gasteiger partial charge in [0.25, 0.3) is 0 Å². The molecule has 19 heavy (non-hydrogen) atoms. The Hall–Kier alpha value is -2.43. The largest absolute Gasteiger partial charge is 0.479 e. The van der Waals surface area contributed by atoms with Gasteiger partial charge in [0.05, 0.1) is 5.69 Å². The Morgan fingerprint density at radius 2 is 1.95 bits per heavy atom. The molecule has 0 saturated heterocycles. The summed E-state index contributed by atoms with van der Waals surface area (Å²) in [6, 6.07) is 11.5. The van der Waals surface area contributed by atoms with Gasteiger partial charge in [-0.2, -0.15) is 4.98 Å². The number of carboxylic acid groups (broad SMARTS) is 1. The maximum absolute atomic E-state index is 10.8. The summed E-state index contributed by atoms with van der Waals surface area (Å²) < 4.78 is 5.20. The van der Waals surface area contributed by atoms with Crippen molar-refractivity contribution in [1.29, 1.82) is 0 Å². The molecule has 1 aromatic carbocycles. The Morgan fingerprint density at radius 3 is 2.58 bits per heavy atom. The molecule has 0 spiro atoms. The predicted octanol–water partition coefficient (Wildman–Crippen LogP) is 2.30. The number of nitrogens with zero attached hydrogens (tertiary/aromatic N) is 2. The average molecular weight is 258 g/mol. The van der Waals surface area contributed by atoms with Crippen LogP contribution in [0.2, 0.25) is 0 Å². The molecule has 0 fully saturated rings. The van der Waals surface area contributed by atoms with Crippen LogP contribution in [0.3, 0.4) is 0 Å². The van der Waals surface area contributed by atoms with Crippen LogP contribution in [0.5, 0.6) is 6.01 Å². The quantitative estimate of drug-likeness (QED) is 0.911. The molecule has 2 rings (SSSR count). The number of rotatable bonds is 4. The highest BCUT2D eigenvalue weighted by Gasteiger charge is 2.15. The Kier molecular flexibility index (Phi) is 3.75. The SMILES string of the molecule is Cc1cc(-c2ccccc2)nc(OC(C)C(=O)O)n1. The molecule has 1 atom stereocenters. The summed E-state index contributed by atoms with van der Waals surface area (Å²) in [5, 5.41) is 8.82. The molecule has 1 aromatic heterocycles. The van der Waals surface area contributed by atoms with E-state index >= 15 is 0 Å². The Labute approximate surface area is 110 Å². The first-order valence-corrected chi connectivity index (χ1v) is 5.87. The normalized spacial score (nSPS) is 11.9. The van der Waals surface area contributed by atoms with Crippen molar-refractivity contribution in [3.63, 3.8) is 0 Å². The fourth-order valence-electron chi connectivity index (χ4n) is 1.56. The van der Waals surface area contributed by atoms with Crippen molar-refractivity contribution >= 4 is 5.97 Å². The summed E-state index contributed by atoms with van der Waals surface area (Å²) in [6.45, 7) is 3.25. The zero-order chi connectivity index (χ0) is 13.8. The van der Waals surface area contributed by atoms with Gasteiger partial charge >= 0.3 is 12.0 Å². The number of hydrogen-bond acceptors (Lipinski definition) is 4. The number of aliphatic carboxylic acids is 1. The highest BCUT2D eigenvalue weighted by atomic mass is 16.5. The summed E-state index contributed by atoms with van der Waals surface area (Å²) in [7, 11) is 0. The van der Waals surface area contributed by atoms with Gasteiger partial charge in [-0.1, -0.05) is 30.3 Å². The highest BCUT2D eigenvalue weighted by molar-refractivity contribution is 5.72. The highest BCUT2D eigenvalue weighted by Crippen LogP contribution is 2.19. The van der Waals surface area contributed by atoms with Gasteiger partial charge in [0.2, 0.25) is 0 Å². The number of hydrogen-bond donors (Lipinski definition) is 1. The van der Waals surface area contributed by atoms with Crippen LogP contribution in [-0.2, 0) is 4.79 Å². The van der Waals surface area contributed by atoms with Gasteiger partial charge in [0.1, 0.15) is 0 Å². The van der Waals surface area contributed by atoms with Crippen molar-refractivity contribution in [2.24, 2.45) is 0 Å². The molecule has 0 bridgehead atoms. The fourth-order valence-corrected chi connectivity index (χ4v) is 1.56. The Morgan fingerprint density at radius 1 is 1.26 bits per heavy atom. The van der Waals surface area contributed by atoms with E-state index in [1.807, 2.05) is 43.3 Å². The zero-order valence-corrected chi connectivity index (χ0v) is 10.7. The van der Waals surface area contributed by atoms with E-state index < -0.39 is 12.1 Å². The molecule has 1 unspecified atom stereocenters. The zero-order valence-electron chi connectivity index (χ0n) is 10.7. The predicted molar refractivity (Wildman–Crippen MR) is 69.9 cm³/mol. The summed E-state index contributed by atoms with van der Waals surface area (Å²) in [6.07, 6.45) is -0.981.